The van der Waals surface area contributed by atoms with Gasteiger partial charge in [0, 0.05) is 38.3 Å². The zero-order valence-corrected chi connectivity index (χ0v) is 16.0. The van der Waals surface area contributed by atoms with Gasteiger partial charge >= 0.3 is 0 Å². The minimum atomic E-state index is -2.88. The number of carbonyl (C=O) groups excluding carboxylic acids is 1. The van der Waals surface area contributed by atoms with Crippen LogP contribution < -0.4 is 4.74 Å². The maximum atomic E-state index is 12.3. The molecule has 0 aliphatic carbocycles. The molecule has 1 atom stereocenters. The molecule has 0 spiro atoms. The Labute approximate surface area is 157 Å². The molecule has 25 heavy (non-hydrogen) atoms. The minimum absolute atomic E-state index is 0.0598. The Hall–Kier alpha value is -1.02. The van der Waals surface area contributed by atoms with Gasteiger partial charge in [-0.1, -0.05) is 23.2 Å². The van der Waals surface area contributed by atoms with Crippen molar-refractivity contribution in [3.63, 3.8) is 0 Å². The molecule has 0 saturated carbocycles. The second-order valence-electron chi connectivity index (χ2n) is 6.34. The van der Waals surface area contributed by atoms with Crippen molar-refractivity contribution in [2.24, 2.45) is 0 Å². The third-order valence-corrected chi connectivity index (χ3v) is 7.13. The molecule has 2 heterocycles. The Balaban J connectivity index is 1.46. The van der Waals surface area contributed by atoms with Crippen LogP contribution in [0.4, 0.5) is 0 Å². The van der Waals surface area contributed by atoms with E-state index in [1.54, 1.807) is 23.1 Å². The van der Waals surface area contributed by atoms with Crippen molar-refractivity contribution in [2.75, 3.05) is 44.3 Å². The fourth-order valence-corrected chi connectivity index (χ4v) is 5.25. The van der Waals surface area contributed by atoms with Gasteiger partial charge in [-0.3, -0.25) is 9.69 Å². The van der Waals surface area contributed by atoms with Crippen molar-refractivity contribution in [3.8, 4) is 5.75 Å². The van der Waals surface area contributed by atoms with Gasteiger partial charge in [0.2, 0.25) is 0 Å². The normalized spacial score (nSPS) is 23.6. The highest BCUT2D eigenvalue weighted by Gasteiger charge is 2.34. The summed E-state index contributed by atoms with van der Waals surface area (Å²) in [6.45, 7) is 2.49. The summed E-state index contributed by atoms with van der Waals surface area (Å²) in [6, 6.07) is 4.96. The second-order valence-corrected chi connectivity index (χ2v) is 9.38. The SMILES string of the molecule is O=C(COc1ccc(Cl)c(Cl)c1)N1CCN(C2CCS(=O)(=O)C2)CC1. The fraction of sp³-hybridized carbons (Fsp3) is 0.562. The Morgan fingerprint density at radius 3 is 2.48 bits per heavy atom. The lowest BCUT2D eigenvalue weighted by Gasteiger charge is -2.37. The minimum Gasteiger partial charge on any atom is -0.484 e. The van der Waals surface area contributed by atoms with Gasteiger partial charge in [-0.05, 0) is 18.6 Å². The lowest BCUT2D eigenvalue weighted by molar-refractivity contribution is -0.135. The zero-order valence-electron chi connectivity index (χ0n) is 13.7. The summed E-state index contributed by atoms with van der Waals surface area (Å²) in [5.74, 6) is 0.915. The van der Waals surface area contributed by atoms with E-state index in [9.17, 15) is 13.2 Å². The van der Waals surface area contributed by atoms with Crippen LogP contribution in [0.15, 0.2) is 18.2 Å². The summed E-state index contributed by atoms with van der Waals surface area (Å²) in [5, 5.41) is 0.817. The molecule has 0 radical (unpaired) electrons. The number of benzene rings is 1. The number of sulfone groups is 1. The van der Waals surface area contributed by atoms with Gasteiger partial charge in [-0.2, -0.15) is 0 Å². The smallest absolute Gasteiger partial charge is 0.260 e. The van der Waals surface area contributed by atoms with Gasteiger partial charge in [-0.15, -0.1) is 0 Å². The third-order valence-electron chi connectivity index (χ3n) is 4.65. The number of rotatable bonds is 4. The third kappa shape index (κ3) is 4.78. The Kier molecular flexibility index (Phi) is 5.78. The van der Waals surface area contributed by atoms with E-state index in [2.05, 4.69) is 4.90 Å². The Morgan fingerprint density at radius 2 is 1.88 bits per heavy atom. The number of hydrogen-bond acceptors (Lipinski definition) is 5. The summed E-state index contributed by atoms with van der Waals surface area (Å²) in [7, 11) is -2.88. The van der Waals surface area contributed by atoms with Crippen molar-refractivity contribution in [3.05, 3.63) is 28.2 Å². The molecule has 3 rings (SSSR count). The number of ether oxygens (including phenoxy) is 1. The molecule has 2 saturated heterocycles. The molecule has 1 unspecified atom stereocenters. The first-order valence-electron chi connectivity index (χ1n) is 8.14. The van der Waals surface area contributed by atoms with Crippen LogP contribution in [0.3, 0.4) is 0 Å². The van der Waals surface area contributed by atoms with E-state index in [0.29, 0.717) is 48.4 Å². The van der Waals surface area contributed by atoms with Crippen LogP contribution in [-0.4, -0.2) is 74.5 Å². The number of amides is 1. The molecule has 0 bridgehead atoms. The van der Waals surface area contributed by atoms with Crippen LogP contribution in [0.2, 0.25) is 10.0 Å². The molecule has 1 amide bonds. The van der Waals surface area contributed by atoms with E-state index in [1.165, 1.54) is 0 Å². The molecule has 138 valence electrons. The lowest BCUT2D eigenvalue weighted by Crippen LogP contribution is -2.53. The van der Waals surface area contributed by atoms with E-state index in [1.807, 2.05) is 0 Å². The Morgan fingerprint density at radius 1 is 1.16 bits per heavy atom. The van der Waals surface area contributed by atoms with Gasteiger partial charge in [-0.25, -0.2) is 8.42 Å². The number of carbonyl (C=O) groups is 1. The van der Waals surface area contributed by atoms with Crippen LogP contribution in [0, 0.1) is 0 Å². The first kappa shape index (κ1) is 18.8. The van der Waals surface area contributed by atoms with Crippen LogP contribution in [-0.2, 0) is 14.6 Å². The van der Waals surface area contributed by atoms with Crippen LogP contribution in [0.5, 0.6) is 5.75 Å². The van der Waals surface area contributed by atoms with E-state index in [4.69, 9.17) is 27.9 Å². The molecule has 0 N–H and O–H groups in total. The summed E-state index contributed by atoms with van der Waals surface area (Å²) >= 11 is 11.8. The topological polar surface area (TPSA) is 66.9 Å². The molecule has 2 fully saturated rings. The first-order valence-corrected chi connectivity index (χ1v) is 10.7. The maximum absolute atomic E-state index is 12.3. The molecular weight excluding hydrogens is 387 g/mol. The summed E-state index contributed by atoms with van der Waals surface area (Å²) in [5.41, 5.74) is 0. The van der Waals surface area contributed by atoms with Gasteiger partial charge in [0.15, 0.2) is 16.4 Å². The van der Waals surface area contributed by atoms with Crippen LogP contribution in [0.1, 0.15) is 6.42 Å². The maximum Gasteiger partial charge on any atom is 0.260 e. The molecule has 2 aliphatic heterocycles. The van der Waals surface area contributed by atoms with Gasteiger partial charge in [0.25, 0.3) is 5.91 Å². The van der Waals surface area contributed by atoms with Crippen molar-refractivity contribution in [2.45, 2.75) is 12.5 Å². The highest BCUT2D eigenvalue weighted by atomic mass is 35.5. The molecule has 6 nitrogen and oxygen atoms in total. The van der Waals surface area contributed by atoms with Crippen LogP contribution >= 0.6 is 23.2 Å². The summed E-state index contributed by atoms with van der Waals surface area (Å²) < 4.78 is 28.7. The molecule has 1 aromatic carbocycles. The second kappa shape index (κ2) is 7.70. The lowest BCUT2D eigenvalue weighted by atomic mass is 10.2. The summed E-state index contributed by atoms with van der Waals surface area (Å²) in [6.07, 6.45) is 0.691. The number of hydrogen-bond donors (Lipinski definition) is 0. The van der Waals surface area contributed by atoms with Crippen molar-refractivity contribution < 1.29 is 17.9 Å². The van der Waals surface area contributed by atoms with E-state index in [-0.39, 0.29) is 30.1 Å². The highest BCUT2D eigenvalue weighted by molar-refractivity contribution is 7.91. The standard InChI is InChI=1S/C16H20Cl2N2O4S/c17-14-2-1-13(9-15(14)18)24-10-16(21)20-6-4-19(5-7-20)12-3-8-25(22,23)11-12/h1-2,9,12H,3-8,10-11H2. The summed E-state index contributed by atoms with van der Waals surface area (Å²) in [4.78, 5) is 16.2. The van der Waals surface area contributed by atoms with E-state index >= 15 is 0 Å². The van der Waals surface area contributed by atoms with Crippen molar-refractivity contribution in [1.29, 1.82) is 0 Å². The number of halogens is 2. The number of nitrogens with zero attached hydrogens (tertiary/aromatic N) is 2. The van der Waals surface area contributed by atoms with Crippen molar-refractivity contribution in [1.82, 2.24) is 9.80 Å². The average molecular weight is 407 g/mol. The predicted octanol–water partition coefficient (Wildman–Crippen LogP) is 1.70. The predicted molar refractivity (Wildman–Crippen MR) is 97.2 cm³/mol. The van der Waals surface area contributed by atoms with E-state index in [0.717, 1.165) is 0 Å². The highest BCUT2D eigenvalue weighted by Crippen LogP contribution is 2.26. The molecule has 0 aromatic heterocycles. The number of piperazine rings is 1. The van der Waals surface area contributed by atoms with Crippen LogP contribution in [0.25, 0.3) is 0 Å². The molecule has 1 aromatic rings. The zero-order chi connectivity index (χ0) is 18.0. The average Bonchev–Trinajstić information content (AvgIpc) is 2.96. The molecular formula is C16H20Cl2N2O4S. The van der Waals surface area contributed by atoms with E-state index < -0.39 is 9.84 Å². The van der Waals surface area contributed by atoms with Gasteiger partial charge in [0.05, 0.1) is 21.6 Å². The largest absolute Gasteiger partial charge is 0.484 e. The molecule has 2 aliphatic rings. The first-order chi connectivity index (χ1) is 11.8. The molecule has 9 heteroatoms. The van der Waals surface area contributed by atoms with Crippen molar-refractivity contribution >= 4 is 38.9 Å². The monoisotopic (exact) mass is 406 g/mol. The Bertz CT molecular complexity index is 749. The van der Waals surface area contributed by atoms with Gasteiger partial charge in [0.1, 0.15) is 5.75 Å². The fourth-order valence-electron chi connectivity index (χ4n) is 3.20. The quantitative estimate of drug-likeness (QED) is 0.760. The van der Waals surface area contributed by atoms with Gasteiger partial charge < -0.3 is 9.64 Å².